The van der Waals surface area contributed by atoms with Crippen molar-refractivity contribution in [3.8, 4) is 11.5 Å². The summed E-state index contributed by atoms with van der Waals surface area (Å²) in [7, 11) is 0. The van der Waals surface area contributed by atoms with Crippen LogP contribution in [0.15, 0.2) is 54.7 Å². The molecule has 0 spiro atoms. The number of benzene rings is 2. The first kappa shape index (κ1) is 20.6. The molecule has 0 saturated heterocycles. The first-order valence-corrected chi connectivity index (χ1v) is 10.1. The van der Waals surface area contributed by atoms with Crippen LogP contribution >= 0.6 is 0 Å². The summed E-state index contributed by atoms with van der Waals surface area (Å²) in [6.07, 6.45) is 6.85. The molecule has 0 radical (unpaired) electrons. The Balaban J connectivity index is 1.53. The highest BCUT2D eigenvalue weighted by atomic mass is 16.5. The summed E-state index contributed by atoms with van der Waals surface area (Å²) in [4.78, 5) is 12.4. The smallest absolute Gasteiger partial charge is 0.170 e. The van der Waals surface area contributed by atoms with Gasteiger partial charge in [-0.25, -0.2) is 0 Å². The average Bonchev–Trinajstić information content (AvgIpc) is 3.18. The summed E-state index contributed by atoms with van der Waals surface area (Å²) in [6, 6.07) is 14.2. The van der Waals surface area contributed by atoms with Gasteiger partial charge in [-0.05, 0) is 24.1 Å². The van der Waals surface area contributed by atoms with Crippen molar-refractivity contribution in [1.82, 2.24) is 15.0 Å². The van der Waals surface area contributed by atoms with Crippen LogP contribution in [0.25, 0.3) is 0 Å². The van der Waals surface area contributed by atoms with Gasteiger partial charge in [-0.2, -0.15) is 0 Å². The number of Topliss-reactive ketones (excluding diaryl/α,β-unsaturated/α-hetero) is 1. The molecule has 0 atom stereocenters. The minimum absolute atomic E-state index is 0.0805. The van der Waals surface area contributed by atoms with Gasteiger partial charge in [-0.3, -0.25) is 9.48 Å². The fourth-order valence-corrected chi connectivity index (χ4v) is 3.09. The lowest BCUT2D eigenvalue weighted by molar-refractivity contribution is 0.0990. The zero-order valence-corrected chi connectivity index (χ0v) is 16.8. The van der Waals surface area contributed by atoms with Crippen LogP contribution < -0.4 is 4.74 Å². The van der Waals surface area contributed by atoms with E-state index >= 15 is 0 Å². The molecule has 0 fully saturated rings. The number of aromatic nitrogens is 3. The first-order chi connectivity index (χ1) is 14.2. The van der Waals surface area contributed by atoms with Gasteiger partial charge in [0.05, 0.1) is 11.8 Å². The molecule has 0 aliphatic rings. The molecule has 1 heterocycles. The normalized spacial score (nSPS) is 10.8. The second-order valence-corrected chi connectivity index (χ2v) is 7.09. The maximum absolute atomic E-state index is 12.4. The molecule has 1 aromatic heterocycles. The number of carbonyl (C=O) groups is 1. The van der Waals surface area contributed by atoms with Crippen LogP contribution in [0.4, 0.5) is 0 Å². The SMILES string of the molecule is CCCCCCn1cc(COc2ccc(C(=O)Cc3ccccc3)c(O)c2)nn1. The number of rotatable bonds is 11. The number of phenols is 1. The third kappa shape index (κ3) is 6.17. The zero-order valence-electron chi connectivity index (χ0n) is 16.8. The molecule has 0 amide bonds. The lowest BCUT2D eigenvalue weighted by Gasteiger charge is -2.08. The van der Waals surface area contributed by atoms with Crippen molar-refractivity contribution in [3.05, 3.63) is 71.5 Å². The van der Waals surface area contributed by atoms with Gasteiger partial charge in [0.1, 0.15) is 23.8 Å². The van der Waals surface area contributed by atoms with Gasteiger partial charge < -0.3 is 9.84 Å². The van der Waals surface area contributed by atoms with E-state index in [4.69, 9.17) is 4.74 Å². The lowest BCUT2D eigenvalue weighted by Crippen LogP contribution is -2.04. The van der Waals surface area contributed by atoms with Crippen molar-refractivity contribution in [2.45, 2.75) is 52.2 Å². The van der Waals surface area contributed by atoms with E-state index in [1.54, 1.807) is 12.1 Å². The first-order valence-electron chi connectivity index (χ1n) is 10.1. The molecule has 1 N–H and O–H groups in total. The van der Waals surface area contributed by atoms with Crippen molar-refractivity contribution in [1.29, 1.82) is 0 Å². The number of unbranched alkanes of at least 4 members (excludes halogenated alkanes) is 3. The van der Waals surface area contributed by atoms with E-state index in [0.29, 0.717) is 11.3 Å². The maximum Gasteiger partial charge on any atom is 0.170 e. The molecule has 0 unspecified atom stereocenters. The molecule has 0 aliphatic carbocycles. The summed E-state index contributed by atoms with van der Waals surface area (Å²) in [5.41, 5.74) is 1.93. The zero-order chi connectivity index (χ0) is 20.5. The Kier molecular flexibility index (Phi) is 7.39. The van der Waals surface area contributed by atoms with E-state index in [1.807, 2.05) is 41.2 Å². The molecule has 152 valence electrons. The average molecular weight is 393 g/mol. The molecule has 29 heavy (non-hydrogen) atoms. The molecule has 0 bridgehead atoms. The number of hydrogen-bond acceptors (Lipinski definition) is 5. The summed E-state index contributed by atoms with van der Waals surface area (Å²) in [5.74, 6) is 0.269. The third-order valence-electron chi connectivity index (χ3n) is 4.69. The van der Waals surface area contributed by atoms with Crippen LogP contribution in [-0.4, -0.2) is 25.9 Å². The van der Waals surface area contributed by atoms with Crippen LogP contribution in [0.2, 0.25) is 0 Å². The number of ketones is 1. The topological polar surface area (TPSA) is 77.2 Å². The fourth-order valence-electron chi connectivity index (χ4n) is 3.09. The number of hydrogen-bond donors (Lipinski definition) is 1. The van der Waals surface area contributed by atoms with Gasteiger partial charge in [0.15, 0.2) is 5.78 Å². The minimum Gasteiger partial charge on any atom is -0.507 e. The number of aryl methyl sites for hydroxylation is 1. The predicted molar refractivity (Wildman–Crippen MR) is 111 cm³/mol. The van der Waals surface area contributed by atoms with E-state index in [0.717, 1.165) is 24.2 Å². The number of carbonyl (C=O) groups excluding carboxylic acids is 1. The van der Waals surface area contributed by atoms with Crippen molar-refractivity contribution < 1.29 is 14.6 Å². The highest BCUT2D eigenvalue weighted by Gasteiger charge is 2.13. The van der Waals surface area contributed by atoms with E-state index < -0.39 is 0 Å². The molecule has 3 rings (SSSR count). The van der Waals surface area contributed by atoms with Crippen LogP contribution in [0.1, 0.15) is 54.2 Å². The number of aromatic hydroxyl groups is 1. The van der Waals surface area contributed by atoms with Crippen LogP contribution in [0.5, 0.6) is 11.5 Å². The van der Waals surface area contributed by atoms with Gasteiger partial charge in [-0.1, -0.05) is 61.7 Å². The molecule has 0 aliphatic heterocycles. The Labute approximate surface area is 171 Å². The van der Waals surface area contributed by atoms with Gasteiger partial charge in [0.2, 0.25) is 0 Å². The summed E-state index contributed by atoms with van der Waals surface area (Å²) in [6.45, 7) is 3.30. The third-order valence-corrected chi connectivity index (χ3v) is 4.69. The van der Waals surface area contributed by atoms with Gasteiger partial charge in [0, 0.05) is 19.0 Å². The van der Waals surface area contributed by atoms with Gasteiger partial charge in [-0.15, -0.1) is 5.10 Å². The highest BCUT2D eigenvalue weighted by Crippen LogP contribution is 2.25. The van der Waals surface area contributed by atoms with Gasteiger partial charge in [0.25, 0.3) is 0 Å². The Hall–Kier alpha value is -3.15. The van der Waals surface area contributed by atoms with E-state index in [2.05, 4.69) is 17.2 Å². The number of nitrogens with zero attached hydrogens (tertiary/aromatic N) is 3. The van der Waals surface area contributed by atoms with E-state index in [9.17, 15) is 9.90 Å². The summed E-state index contributed by atoms with van der Waals surface area (Å²) >= 11 is 0. The van der Waals surface area contributed by atoms with Crippen molar-refractivity contribution in [3.63, 3.8) is 0 Å². The van der Waals surface area contributed by atoms with Crippen molar-refractivity contribution >= 4 is 5.78 Å². The Bertz CT molecular complexity index is 922. The molecule has 0 saturated carbocycles. The highest BCUT2D eigenvalue weighted by molar-refractivity contribution is 6.00. The predicted octanol–water partition coefficient (Wildman–Crippen LogP) is 4.57. The van der Waals surface area contributed by atoms with Gasteiger partial charge >= 0.3 is 0 Å². The largest absolute Gasteiger partial charge is 0.507 e. The van der Waals surface area contributed by atoms with Crippen LogP contribution in [0.3, 0.4) is 0 Å². The minimum atomic E-state index is -0.133. The second-order valence-electron chi connectivity index (χ2n) is 7.09. The second kappa shape index (κ2) is 10.4. The van der Waals surface area contributed by atoms with Crippen LogP contribution in [0, 0.1) is 0 Å². The van der Waals surface area contributed by atoms with E-state index in [1.165, 1.54) is 25.3 Å². The molecule has 3 aromatic rings. The van der Waals surface area contributed by atoms with Crippen molar-refractivity contribution in [2.75, 3.05) is 0 Å². The monoisotopic (exact) mass is 393 g/mol. The standard InChI is InChI=1S/C23H27N3O3/c1-2-3-4-8-13-26-16-19(24-25-26)17-29-20-11-12-21(23(28)15-20)22(27)14-18-9-6-5-7-10-18/h5-7,9-12,15-16,28H,2-4,8,13-14,17H2,1H3. The number of phenolic OH excluding ortho intramolecular Hbond substituents is 1. The Morgan fingerprint density at radius 3 is 2.69 bits per heavy atom. The molecule has 6 nitrogen and oxygen atoms in total. The quantitative estimate of drug-likeness (QED) is 0.381. The molecular weight excluding hydrogens is 366 g/mol. The van der Waals surface area contributed by atoms with Crippen molar-refractivity contribution in [2.24, 2.45) is 0 Å². The lowest BCUT2D eigenvalue weighted by atomic mass is 10.0. The number of ether oxygens (including phenoxy) is 1. The fraction of sp³-hybridized carbons (Fsp3) is 0.348. The Morgan fingerprint density at radius 1 is 1.10 bits per heavy atom. The molecule has 6 heteroatoms. The van der Waals surface area contributed by atoms with E-state index in [-0.39, 0.29) is 24.6 Å². The van der Waals surface area contributed by atoms with Crippen LogP contribution in [-0.2, 0) is 19.6 Å². The molecule has 2 aromatic carbocycles. The summed E-state index contributed by atoms with van der Waals surface area (Å²) in [5, 5.41) is 18.5. The maximum atomic E-state index is 12.4. The molecular formula is C23H27N3O3. The summed E-state index contributed by atoms with van der Waals surface area (Å²) < 4.78 is 7.53. The Morgan fingerprint density at radius 2 is 1.93 bits per heavy atom.